The summed E-state index contributed by atoms with van der Waals surface area (Å²) in [6.45, 7) is 3.71. The predicted molar refractivity (Wildman–Crippen MR) is 107 cm³/mol. The quantitative estimate of drug-likeness (QED) is 0.822. The van der Waals surface area contributed by atoms with Crippen LogP contribution in [0.1, 0.15) is 27.6 Å². The normalized spacial score (nSPS) is 13.9. The number of carbonyl (C=O) groups excluding carboxylic acids is 2. The van der Waals surface area contributed by atoms with Crippen molar-refractivity contribution in [2.24, 2.45) is 0 Å². The lowest BCUT2D eigenvalue weighted by molar-refractivity contribution is -0.129. The first-order valence-corrected chi connectivity index (χ1v) is 9.17. The molecular formula is C20H20ClN3O4. The van der Waals surface area contributed by atoms with Crippen LogP contribution in [0.5, 0.6) is 0 Å². The average molecular weight is 402 g/mol. The minimum Gasteiger partial charge on any atom is -0.478 e. The Balaban J connectivity index is 1.79. The second-order valence-corrected chi connectivity index (χ2v) is 6.93. The lowest BCUT2D eigenvalue weighted by atomic mass is 10.1. The smallest absolute Gasteiger partial charge is 0.337 e. The van der Waals surface area contributed by atoms with Crippen molar-refractivity contribution in [2.45, 2.75) is 6.92 Å². The second-order valence-electron chi connectivity index (χ2n) is 6.49. The number of nitrogens with zero attached hydrogens (tertiary/aromatic N) is 2. The van der Waals surface area contributed by atoms with E-state index in [1.54, 1.807) is 35.2 Å². The highest BCUT2D eigenvalue weighted by atomic mass is 35.5. The van der Waals surface area contributed by atoms with Crippen LogP contribution in [0.25, 0.3) is 0 Å². The largest absolute Gasteiger partial charge is 0.478 e. The lowest BCUT2D eigenvalue weighted by Gasteiger charge is -2.36. The van der Waals surface area contributed by atoms with E-state index in [-0.39, 0.29) is 17.4 Å². The van der Waals surface area contributed by atoms with Gasteiger partial charge in [0, 0.05) is 49.4 Å². The number of halogens is 1. The summed E-state index contributed by atoms with van der Waals surface area (Å²) in [7, 11) is 0. The van der Waals surface area contributed by atoms with Crippen molar-refractivity contribution in [2.75, 3.05) is 36.4 Å². The second kappa shape index (κ2) is 8.31. The molecule has 1 saturated heterocycles. The molecule has 0 bridgehead atoms. The Morgan fingerprint density at radius 2 is 1.75 bits per heavy atom. The zero-order chi connectivity index (χ0) is 20.3. The van der Waals surface area contributed by atoms with Crippen LogP contribution in [0, 0.1) is 0 Å². The molecule has 1 heterocycles. The maximum absolute atomic E-state index is 12.4. The van der Waals surface area contributed by atoms with Crippen molar-refractivity contribution in [1.29, 1.82) is 0 Å². The number of anilines is 2. The van der Waals surface area contributed by atoms with E-state index in [0.29, 0.717) is 48.1 Å². The summed E-state index contributed by atoms with van der Waals surface area (Å²) in [6.07, 6.45) is 0. The first kappa shape index (κ1) is 19.7. The Morgan fingerprint density at radius 3 is 2.36 bits per heavy atom. The molecule has 0 radical (unpaired) electrons. The first-order valence-electron chi connectivity index (χ1n) is 8.80. The number of carboxylic acids is 1. The summed E-state index contributed by atoms with van der Waals surface area (Å²) in [5, 5.41) is 12.8. The Labute approximate surface area is 167 Å². The molecule has 0 saturated carbocycles. The van der Waals surface area contributed by atoms with Gasteiger partial charge in [0.2, 0.25) is 5.91 Å². The van der Waals surface area contributed by atoms with E-state index in [2.05, 4.69) is 5.32 Å². The molecule has 1 aliphatic rings. The van der Waals surface area contributed by atoms with Gasteiger partial charge in [-0.15, -0.1) is 0 Å². The summed E-state index contributed by atoms with van der Waals surface area (Å²) in [6, 6.07) is 11.3. The molecule has 2 amide bonds. The van der Waals surface area contributed by atoms with Gasteiger partial charge in [-0.2, -0.15) is 0 Å². The van der Waals surface area contributed by atoms with Crippen LogP contribution >= 0.6 is 11.6 Å². The molecule has 2 aromatic carbocycles. The number of hydrogen-bond acceptors (Lipinski definition) is 4. The van der Waals surface area contributed by atoms with Crippen molar-refractivity contribution in [3.63, 3.8) is 0 Å². The van der Waals surface area contributed by atoms with E-state index < -0.39 is 5.97 Å². The van der Waals surface area contributed by atoms with Crippen LogP contribution in [-0.2, 0) is 4.79 Å². The minimum absolute atomic E-state index is 0.0113. The molecule has 1 aliphatic heterocycles. The van der Waals surface area contributed by atoms with E-state index in [1.807, 2.05) is 4.90 Å². The molecule has 0 spiro atoms. The summed E-state index contributed by atoms with van der Waals surface area (Å²) in [4.78, 5) is 39.3. The third-order valence-electron chi connectivity index (χ3n) is 4.64. The van der Waals surface area contributed by atoms with Gasteiger partial charge in [0.25, 0.3) is 5.91 Å². The maximum atomic E-state index is 12.4. The van der Waals surface area contributed by atoms with Crippen LogP contribution in [-0.4, -0.2) is 54.0 Å². The molecule has 0 aromatic heterocycles. The van der Waals surface area contributed by atoms with Crippen molar-refractivity contribution in [1.82, 2.24) is 4.90 Å². The number of carboxylic acid groups (broad SMARTS) is 1. The topological polar surface area (TPSA) is 90.0 Å². The van der Waals surface area contributed by atoms with Gasteiger partial charge >= 0.3 is 5.97 Å². The van der Waals surface area contributed by atoms with Crippen LogP contribution < -0.4 is 10.2 Å². The molecule has 0 atom stereocenters. The van der Waals surface area contributed by atoms with Crippen molar-refractivity contribution in [3.8, 4) is 0 Å². The van der Waals surface area contributed by atoms with E-state index in [1.165, 1.54) is 19.1 Å². The maximum Gasteiger partial charge on any atom is 0.337 e. The third kappa shape index (κ3) is 4.43. The highest BCUT2D eigenvalue weighted by molar-refractivity contribution is 6.31. The zero-order valence-electron chi connectivity index (χ0n) is 15.3. The number of amides is 2. The van der Waals surface area contributed by atoms with Gasteiger partial charge < -0.3 is 20.2 Å². The Hall–Kier alpha value is -3.06. The Morgan fingerprint density at radius 1 is 1.04 bits per heavy atom. The number of aromatic carboxylic acids is 1. The van der Waals surface area contributed by atoms with E-state index >= 15 is 0 Å². The predicted octanol–water partition coefficient (Wildman–Crippen LogP) is 2.96. The van der Waals surface area contributed by atoms with E-state index in [4.69, 9.17) is 11.6 Å². The molecule has 3 rings (SSSR count). The van der Waals surface area contributed by atoms with E-state index in [0.717, 1.165) is 0 Å². The number of rotatable bonds is 4. The van der Waals surface area contributed by atoms with Crippen LogP contribution in [0.2, 0.25) is 5.02 Å². The van der Waals surface area contributed by atoms with Gasteiger partial charge in [-0.1, -0.05) is 17.7 Å². The van der Waals surface area contributed by atoms with E-state index in [9.17, 15) is 19.5 Å². The summed E-state index contributed by atoms with van der Waals surface area (Å²) in [5.74, 6) is -1.44. The van der Waals surface area contributed by atoms with Gasteiger partial charge in [-0.3, -0.25) is 9.59 Å². The SMILES string of the molecule is CC(=O)N1CCN(c2ccc(NC(=O)c3cccc(Cl)c3)cc2C(=O)O)CC1. The fraction of sp³-hybridized carbons (Fsp3) is 0.250. The number of nitrogens with one attached hydrogen (secondary N) is 1. The molecule has 146 valence electrons. The summed E-state index contributed by atoms with van der Waals surface area (Å²) in [5.41, 5.74) is 1.43. The van der Waals surface area contributed by atoms with Gasteiger partial charge in [-0.05, 0) is 36.4 Å². The molecule has 8 heteroatoms. The number of hydrogen-bond donors (Lipinski definition) is 2. The van der Waals surface area contributed by atoms with Crippen molar-refractivity contribution < 1.29 is 19.5 Å². The molecule has 1 fully saturated rings. The molecule has 0 aliphatic carbocycles. The number of benzene rings is 2. The highest BCUT2D eigenvalue weighted by Crippen LogP contribution is 2.26. The molecular weight excluding hydrogens is 382 g/mol. The van der Waals surface area contributed by atoms with Crippen LogP contribution in [0.3, 0.4) is 0 Å². The number of carbonyl (C=O) groups is 3. The Bertz CT molecular complexity index is 923. The average Bonchev–Trinajstić information content (AvgIpc) is 2.68. The molecule has 2 aromatic rings. The van der Waals surface area contributed by atoms with Gasteiger partial charge in [-0.25, -0.2) is 4.79 Å². The first-order chi connectivity index (χ1) is 13.3. The minimum atomic E-state index is -1.08. The molecule has 2 N–H and O–H groups in total. The fourth-order valence-corrected chi connectivity index (χ4v) is 3.35. The zero-order valence-corrected chi connectivity index (χ0v) is 16.1. The Kier molecular flexibility index (Phi) is 5.84. The summed E-state index contributed by atoms with van der Waals surface area (Å²) >= 11 is 5.91. The third-order valence-corrected chi connectivity index (χ3v) is 4.87. The molecule has 0 unspecified atom stereocenters. The van der Waals surface area contributed by atoms with Gasteiger partial charge in [0.15, 0.2) is 0 Å². The number of piperazine rings is 1. The highest BCUT2D eigenvalue weighted by Gasteiger charge is 2.23. The van der Waals surface area contributed by atoms with Crippen molar-refractivity contribution >= 4 is 40.8 Å². The van der Waals surface area contributed by atoms with Crippen LogP contribution in [0.15, 0.2) is 42.5 Å². The monoisotopic (exact) mass is 401 g/mol. The standard InChI is InChI=1S/C20H20ClN3O4/c1-13(25)23-7-9-24(10-8-23)18-6-5-16(12-17(18)20(27)28)22-19(26)14-3-2-4-15(21)11-14/h2-6,11-12H,7-10H2,1H3,(H,22,26)(H,27,28). The van der Waals surface area contributed by atoms with Gasteiger partial charge in [0.1, 0.15) is 0 Å². The van der Waals surface area contributed by atoms with Crippen LogP contribution in [0.4, 0.5) is 11.4 Å². The fourth-order valence-electron chi connectivity index (χ4n) is 3.16. The molecule has 28 heavy (non-hydrogen) atoms. The summed E-state index contributed by atoms with van der Waals surface area (Å²) < 4.78 is 0. The van der Waals surface area contributed by atoms with Crippen molar-refractivity contribution in [3.05, 3.63) is 58.6 Å². The lowest BCUT2D eigenvalue weighted by Crippen LogP contribution is -2.48. The van der Waals surface area contributed by atoms with Gasteiger partial charge in [0.05, 0.1) is 11.3 Å². The molecule has 7 nitrogen and oxygen atoms in total.